The Balaban J connectivity index is 2.10. The highest BCUT2D eigenvalue weighted by molar-refractivity contribution is 9.10. The van der Waals surface area contributed by atoms with Crippen molar-refractivity contribution < 1.29 is 0 Å². The Morgan fingerprint density at radius 2 is 2.43 bits per heavy atom. The second-order valence-corrected chi connectivity index (χ2v) is 4.88. The van der Waals surface area contributed by atoms with Crippen LogP contribution >= 0.6 is 27.3 Å². The van der Waals surface area contributed by atoms with Gasteiger partial charge in [-0.3, -0.25) is 0 Å². The molecule has 2 rings (SSSR count). The SMILES string of the molecule is NCc1cn(Cc2cc(Br)cs2)cn1. The maximum atomic E-state index is 5.48. The number of nitrogens with zero attached hydrogens (tertiary/aromatic N) is 2. The van der Waals surface area contributed by atoms with Crippen LogP contribution in [0.3, 0.4) is 0 Å². The molecule has 0 aliphatic rings. The molecule has 0 aliphatic carbocycles. The molecule has 0 atom stereocenters. The molecule has 0 spiro atoms. The third-order valence-corrected chi connectivity index (χ3v) is 3.54. The quantitative estimate of drug-likeness (QED) is 0.931. The van der Waals surface area contributed by atoms with E-state index in [9.17, 15) is 0 Å². The molecule has 0 bridgehead atoms. The van der Waals surface area contributed by atoms with E-state index < -0.39 is 0 Å². The maximum Gasteiger partial charge on any atom is 0.0953 e. The van der Waals surface area contributed by atoms with Crippen molar-refractivity contribution in [2.75, 3.05) is 0 Å². The molecule has 2 aromatic heterocycles. The predicted molar refractivity (Wildman–Crippen MR) is 61.2 cm³/mol. The van der Waals surface area contributed by atoms with Crippen LogP contribution in [0.1, 0.15) is 10.6 Å². The van der Waals surface area contributed by atoms with Crippen molar-refractivity contribution in [3.05, 3.63) is 39.0 Å². The molecule has 0 saturated carbocycles. The minimum absolute atomic E-state index is 0.501. The first-order chi connectivity index (χ1) is 6.78. The number of hydrogen-bond donors (Lipinski definition) is 1. The smallest absolute Gasteiger partial charge is 0.0953 e. The molecule has 0 saturated heterocycles. The van der Waals surface area contributed by atoms with E-state index in [0.717, 1.165) is 16.7 Å². The molecule has 0 aromatic carbocycles. The zero-order valence-corrected chi connectivity index (χ0v) is 9.88. The lowest BCUT2D eigenvalue weighted by Crippen LogP contribution is -1.96. The summed E-state index contributed by atoms with van der Waals surface area (Å²) in [4.78, 5) is 5.47. The molecule has 3 nitrogen and oxygen atoms in total. The standard InChI is InChI=1S/C9H10BrN3S/c10-7-1-9(14-5-7)4-13-3-8(2-11)12-6-13/h1,3,5-6H,2,4,11H2. The van der Waals surface area contributed by atoms with Gasteiger partial charge in [0, 0.05) is 27.5 Å². The number of imidazole rings is 1. The monoisotopic (exact) mass is 271 g/mol. The lowest BCUT2D eigenvalue weighted by molar-refractivity contribution is 0.808. The van der Waals surface area contributed by atoms with Crippen LogP contribution in [-0.4, -0.2) is 9.55 Å². The molecular formula is C9H10BrN3S. The van der Waals surface area contributed by atoms with Crippen LogP contribution in [0.25, 0.3) is 0 Å². The summed E-state index contributed by atoms with van der Waals surface area (Å²) in [5.41, 5.74) is 6.41. The predicted octanol–water partition coefficient (Wildman–Crippen LogP) is 2.21. The van der Waals surface area contributed by atoms with E-state index in [0.29, 0.717) is 6.54 Å². The molecule has 0 aliphatic heterocycles. The molecule has 14 heavy (non-hydrogen) atoms. The number of hydrogen-bond acceptors (Lipinski definition) is 3. The van der Waals surface area contributed by atoms with E-state index in [2.05, 4.69) is 32.4 Å². The molecule has 5 heteroatoms. The Labute approximate surface area is 94.7 Å². The molecule has 0 amide bonds. The van der Waals surface area contributed by atoms with Gasteiger partial charge in [-0.05, 0) is 22.0 Å². The third kappa shape index (κ3) is 2.23. The Kier molecular flexibility index (Phi) is 3.00. The van der Waals surface area contributed by atoms with Crippen molar-refractivity contribution in [3.8, 4) is 0 Å². The molecule has 0 fully saturated rings. The Hall–Kier alpha value is -0.650. The molecule has 2 N–H and O–H groups in total. The molecule has 0 radical (unpaired) electrons. The summed E-state index contributed by atoms with van der Waals surface area (Å²) in [5.74, 6) is 0. The van der Waals surface area contributed by atoms with Crippen LogP contribution in [-0.2, 0) is 13.1 Å². The highest BCUT2D eigenvalue weighted by Crippen LogP contribution is 2.20. The van der Waals surface area contributed by atoms with Crippen molar-refractivity contribution >= 4 is 27.3 Å². The molecule has 2 aromatic rings. The topological polar surface area (TPSA) is 43.8 Å². The number of aromatic nitrogens is 2. The van der Waals surface area contributed by atoms with Crippen molar-refractivity contribution in [1.82, 2.24) is 9.55 Å². The summed E-state index contributed by atoms with van der Waals surface area (Å²) in [5, 5.41) is 2.08. The lowest BCUT2D eigenvalue weighted by Gasteiger charge is -1.96. The van der Waals surface area contributed by atoms with E-state index in [4.69, 9.17) is 5.73 Å². The van der Waals surface area contributed by atoms with Crippen LogP contribution in [0.5, 0.6) is 0 Å². The second kappa shape index (κ2) is 4.25. The highest BCUT2D eigenvalue weighted by Gasteiger charge is 2.00. The summed E-state index contributed by atoms with van der Waals surface area (Å²) in [6.07, 6.45) is 3.80. The minimum Gasteiger partial charge on any atom is -0.332 e. The van der Waals surface area contributed by atoms with Crippen molar-refractivity contribution in [2.24, 2.45) is 5.73 Å². The van der Waals surface area contributed by atoms with Gasteiger partial charge in [-0.15, -0.1) is 11.3 Å². The lowest BCUT2D eigenvalue weighted by atomic mass is 10.4. The second-order valence-electron chi connectivity index (χ2n) is 2.97. The van der Waals surface area contributed by atoms with Crippen LogP contribution in [0.2, 0.25) is 0 Å². The summed E-state index contributed by atoms with van der Waals surface area (Å²) >= 11 is 5.16. The maximum absolute atomic E-state index is 5.48. The highest BCUT2D eigenvalue weighted by atomic mass is 79.9. The number of halogens is 1. The van der Waals surface area contributed by atoms with Crippen molar-refractivity contribution in [3.63, 3.8) is 0 Å². The summed E-state index contributed by atoms with van der Waals surface area (Å²) < 4.78 is 3.18. The Morgan fingerprint density at radius 1 is 1.57 bits per heavy atom. The first-order valence-electron chi connectivity index (χ1n) is 4.21. The van der Waals surface area contributed by atoms with Gasteiger partial charge in [-0.25, -0.2) is 4.98 Å². The van der Waals surface area contributed by atoms with Crippen LogP contribution < -0.4 is 5.73 Å². The molecular weight excluding hydrogens is 262 g/mol. The van der Waals surface area contributed by atoms with Crippen molar-refractivity contribution in [1.29, 1.82) is 0 Å². The largest absolute Gasteiger partial charge is 0.332 e. The zero-order chi connectivity index (χ0) is 9.97. The first-order valence-corrected chi connectivity index (χ1v) is 5.89. The number of rotatable bonds is 3. The van der Waals surface area contributed by atoms with Gasteiger partial charge in [0.2, 0.25) is 0 Å². The van der Waals surface area contributed by atoms with E-state index in [1.54, 1.807) is 11.3 Å². The van der Waals surface area contributed by atoms with E-state index in [1.807, 2.05) is 17.1 Å². The molecule has 74 valence electrons. The first kappa shape index (κ1) is 9.89. The third-order valence-electron chi connectivity index (χ3n) is 1.86. The Morgan fingerprint density at radius 3 is 3.00 bits per heavy atom. The Bertz CT molecular complexity index is 421. The number of nitrogens with two attached hydrogens (primary N) is 1. The van der Waals surface area contributed by atoms with Gasteiger partial charge in [0.05, 0.1) is 18.6 Å². The average molecular weight is 272 g/mol. The minimum atomic E-state index is 0.501. The van der Waals surface area contributed by atoms with E-state index in [-0.39, 0.29) is 0 Å². The van der Waals surface area contributed by atoms with Crippen LogP contribution in [0.15, 0.2) is 28.4 Å². The summed E-state index contributed by atoms with van der Waals surface area (Å²) in [6.45, 7) is 1.37. The molecule has 2 heterocycles. The fraction of sp³-hybridized carbons (Fsp3) is 0.222. The van der Waals surface area contributed by atoms with E-state index >= 15 is 0 Å². The zero-order valence-electron chi connectivity index (χ0n) is 7.48. The summed E-state index contributed by atoms with van der Waals surface area (Å²) in [6, 6.07) is 2.12. The van der Waals surface area contributed by atoms with Gasteiger partial charge in [0.25, 0.3) is 0 Å². The van der Waals surface area contributed by atoms with Crippen molar-refractivity contribution in [2.45, 2.75) is 13.1 Å². The molecule has 0 unspecified atom stereocenters. The number of thiophene rings is 1. The van der Waals surface area contributed by atoms with E-state index in [1.165, 1.54) is 4.88 Å². The average Bonchev–Trinajstić information content (AvgIpc) is 2.76. The van der Waals surface area contributed by atoms with Gasteiger partial charge >= 0.3 is 0 Å². The van der Waals surface area contributed by atoms with Gasteiger partial charge in [0.15, 0.2) is 0 Å². The van der Waals surface area contributed by atoms with Gasteiger partial charge in [0.1, 0.15) is 0 Å². The van der Waals surface area contributed by atoms with Gasteiger partial charge in [-0.1, -0.05) is 0 Å². The van der Waals surface area contributed by atoms with Gasteiger partial charge < -0.3 is 10.3 Å². The normalized spacial score (nSPS) is 10.7. The van der Waals surface area contributed by atoms with Crippen LogP contribution in [0.4, 0.5) is 0 Å². The fourth-order valence-corrected chi connectivity index (χ4v) is 2.67. The fourth-order valence-electron chi connectivity index (χ4n) is 1.21. The van der Waals surface area contributed by atoms with Gasteiger partial charge in [-0.2, -0.15) is 0 Å². The van der Waals surface area contributed by atoms with Crippen LogP contribution in [0, 0.1) is 0 Å². The summed E-state index contributed by atoms with van der Waals surface area (Å²) in [7, 11) is 0.